The molecular weight excluding hydrogens is 203 g/mol. The summed E-state index contributed by atoms with van der Waals surface area (Å²) in [6, 6.07) is 4.77. The predicted octanol–water partition coefficient (Wildman–Crippen LogP) is 3.05. The highest BCUT2D eigenvalue weighted by atomic mass is 14.1. The monoisotopic (exact) mass is 230 g/mol. The Morgan fingerprint density at radius 3 is 2.24 bits per heavy atom. The molecule has 0 bridgehead atoms. The van der Waals surface area contributed by atoms with E-state index in [9.17, 15) is 0 Å². The van der Waals surface area contributed by atoms with Gasteiger partial charge in [0.25, 0.3) is 0 Å². The summed E-state index contributed by atoms with van der Waals surface area (Å²) in [4.78, 5) is 0. The first-order valence-electron chi connectivity index (χ1n) is 7.23. The first kappa shape index (κ1) is 14.3. The lowest BCUT2D eigenvalue weighted by Crippen LogP contribution is -2.11. The molecule has 0 aliphatic heterocycles. The van der Waals surface area contributed by atoms with Gasteiger partial charge in [-0.25, -0.2) is 0 Å². The molecule has 0 radical (unpaired) electrons. The van der Waals surface area contributed by atoms with Crippen LogP contribution in [0.15, 0.2) is 12.1 Å². The van der Waals surface area contributed by atoms with Gasteiger partial charge in [-0.3, -0.25) is 0 Å². The van der Waals surface area contributed by atoms with Gasteiger partial charge >= 0.3 is 0 Å². The molecule has 1 atom stereocenters. The second-order valence-corrected chi connectivity index (χ2v) is 5.32. The SMILES string of the molecule is Bc1cc(CC)c(CC)c(CCC(C)CC)c1. The van der Waals surface area contributed by atoms with Crippen LogP contribution in [0.25, 0.3) is 0 Å². The topological polar surface area (TPSA) is 0 Å². The average molecular weight is 230 g/mol. The van der Waals surface area contributed by atoms with E-state index in [1.165, 1.54) is 37.6 Å². The van der Waals surface area contributed by atoms with E-state index < -0.39 is 0 Å². The van der Waals surface area contributed by atoms with Crippen molar-refractivity contribution < 1.29 is 0 Å². The Morgan fingerprint density at radius 2 is 1.71 bits per heavy atom. The number of rotatable bonds is 6. The van der Waals surface area contributed by atoms with E-state index >= 15 is 0 Å². The molecular formula is C16H27B. The van der Waals surface area contributed by atoms with E-state index in [1.807, 2.05) is 0 Å². The number of benzene rings is 1. The van der Waals surface area contributed by atoms with Crippen LogP contribution in [0.5, 0.6) is 0 Å². The van der Waals surface area contributed by atoms with Crippen molar-refractivity contribution in [3.05, 3.63) is 28.8 Å². The van der Waals surface area contributed by atoms with Gasteiger partial charge in [0, 0.05) is 0 Å². The van der Waals surface area contributed by atoms with Crippen molar-refractivity contribution in [3.63, 3.8) is 0 Å². The molecule has 0 aromatic heterocycles. The maximum Gasteiger partial charge on any atom is 0.139 e. The van der Waals surface area contributed by atoms with Crippen LogP contribution in [0.2, 0.25) is 0 Å². The van der Waals surface area contributed by atoms with Gasteiger partial charge < -0.3 is 0 Å². The van der Waals surface area contributed by atoms with Gasteiger partial charge in [0.15, 0.2) is 0 Å². The molecule has 0 fully saturated rings. The van der Waals surface area contributed by atoms with E-state index in [4.69, 9.17) is 0 Å². The molecule has 1 aromatic rings. The van der Waals surface area contributed by atoms with Gasteiger partial charge in [-0.15, -0.1) is 0 Å². The summed E-state index contributed by atoms with van der Waals surface area (Å²) in [5.41, 5.74) is 6.20. The Labute approximate surface area is 108 Å². The van der Waals surface area contributed by atoms with Crippen LogP contribution >= 0.6 is 0 Å². The summed E-state index contributed by atoms with van der Waals surface area (Å²) in [6.07, 6.45) is 6.23. The summed E-state index contributed by atoms with van der Waals surface area (Å²) in [6.45, 7) is 9.21. The fourth-order valence-corrected chi connectivity index (χ4v) is 2.57. The fourth-order valence-electron chi connectivity index (χ4n) is 2.57. The van der Waals surface area contributed by atoms with Gasteiger partial charge in [-0.2, -0.15) is 0 Å². The minimum atomic E-state index is 0.852. The van der Waals surface area contributed by atoms with E-state index in [0.29, 0.717) is 0 Å². The van der Waals surface area contributed by atoms with Crippen LogP contribution in [0.3, 0.4) is 0 Å². The third kappa shape index (κ3) is 3.90. The Kier molecular flexibility index (Phi) is 5.81. The van der Waals surface area contributed by atoms with Crippen molar-refractivity contribution in [2.24, 2.45) is 5.92 Å². The molecule has 0 aliphatic rings. The summed E-state index contributed by atoms with van der Waals surface area (Å²) in [5.74, 6) is 0.852. The molecule has 0 N–H and O–H groups in total. The number of hydrogen-bond donors (Lipinski definition) is 0. The van der Waals surface area contributed by atoms with Crippen molar-refractivity contribution in [3.8, 4) is 0 Å². The molecule has 1 aromatic carbocycles. The zero-order valence-electron chi connectivity index (χ0n) is 12.3. The Hall–Kier alpha value is -0.715. The largest absolute Gasteiger partial charge is 0.139 e. The molecule has 1 rings (SSSR count). The zero-order valence-corrected chi connectivity index (χ0v) is 12.3. The van der Waals surface area contributed by atoms with Crippen LogP contribution in [0.1, 0.15) is 57.2 Å². The predicted molar refractivity (Wildman–Crippen MR) is 81.2 cm³/mol. The highest BCUT2D eigenvalue weighted by Gasteiger charge is 2.08. The van der Waals surface area contributed by atoms with Crippen molar-refractivity contribution in [2.45, 2.75) is 59.8 Å². The minimum absolute atomic E-state index is 0.852. The second-order valence-electron chi connectivity index (χ2n) is 5.32. The fraction of sp³-hybridized carbons (Fsp3) is 0.625. The van der Waals surface area contributed by atoms with Crippen molar-refractivity contribution in [2.75, 3.05) is 0 Å². The molecule has 0 heterocycles. The quantitative estimate of drug-likeness (QED) is 0.659. The molecule has 0 nitrogen and oxygen atoms in total. The summed E-state index contributed by atoms with van der Waals surface area (Å²) >= 11 is 0. The Bertz CT molecular complexity index is 355. The molecule has 0 amide bonds. The lowest BCUT2D eigenvalue weighted by atomic mass is 9.84. The highest BCUT2D eigenvalue weighted by molar-refractivity contribution is 6.32. The summed E-state index contributed by atoms with van der Waals surface area (Å²) in [7, 11) is 2.23. The van der Waals surface area contributed by atoms with Gasteiger partial charge in [0.1, 0.15) is 7.85 Å². The average Bonchev–Trinajstić information content (AvgIpc) is 2.34. The standard InChI is InChI=1S/C16H27B/c1-5-12(4)8-9-14-11-15(17)10-13(6-2)16(14)7-3/h10-12H,5-9,17H2,1-4H3. The molecule has 17 heavy (non-hydrogen) atoms. The lowest BCUT2D eigenvalue weighted by molar-refractivity contribution is 0.515. The molecule has 0 saturated carbocycles. The first-order chi connectivity index (χ1) is 8.12. The molecule has 0 spiro atoms. The molecule has 0 aliphatic carbocycles. The summed E-state index contributed by atoms with van der Waals surface area (Å²) < 4.78 is 0. The van der Waals surface area contributed by atoms with Crippen LogP contribution in [-0.4, -0.2) is 7.85 Å². The Balaban J connectivity index is 2.92. The van der Waals surface area contributed by atoms with E-state index in [0.717, 1.165) is 5.92 Å². The zero-order chi connectivity index (χ0) is 12.8. The molecule has 1 heteroatoms. The number of aryl methyl sites for hydroxylation is 2. The maximum atomic E-state index is 2.40. The highest BCUT2D eigenvalue weighted by Crippen LogP contribution is 2.19. The Morgan fingerprint density at radius 1 is 1.06 bits per heavy atom. The normalized spacial score (nSPS) is 12.7. The van der Waals surface area contributed by atoms with E-state index in [2.05, 4.69) is 47.7 Å². The van der Waals surface area contributed by atoms with Gasteiger partial charge in [0.2, 0.25) is 0 Å². The van der Waals surface area contributed by atoms with Crippen LogP contribution in [0, 0.1) is 5.92 Å². The van der Waals surface area contributed by atoms with Crippen LogP contribution in [0.4, 0.5) is 0 Å². The van der Waals surface area contributed by atoms with E-state index in [1.54, 1.807) is 16.7 Å². The van der Waals surface area contributed by atoms with Crippen LogP contribution < -0.4 is 5.46 Å². The van der Waals surface area contributed by atoms with Crippen molar-refractivity contribution in [1.29, 1.82) is 0 Å². The third-order valence-corrected chi connectivity index (χ3v) is 3.92. The molecule has 0 saturated heterocycles. The number of hydrogen-bond acceptors (Lipinski definition) is 0. The van der Waals surface area contributed by atoms with Gasteiger partial charge in [-0.05, 0) is 48.3 Å². The van der Waals surface area contributed by atoms with Crippen LogP contribution in [-0.2, 0) is 19.3 Å². The smallest absolute Gasteiger partial charge is 0.0884 e. The third-order valence-electron chi connectivity index (χ3n) is 3.92. The minimum Gasteiger partial charge on any atom is -0.0884 e. The summed E-state index contributed by atoms with van der Waals surface area (Å²) in [5, 5.41) is 0. The van der Waals surface area contributed by atoms with Gasteiger partial charge in [0.05, 0.1) is 0 Å². The first-order valence-corrected chi connectivity index (χ1v) is 7.23. The maximum absolute atomic E-state index is 2.40. The lowest BCUT2D eigenvalue weighted by Gasteiger charge is -2.16. The molecule has 94 valence electrons. The van der Waals surface area contributed by atoms with Gasteiger partial charge in [-0.1, -0.05) is 51.7 Å². The molecule has 1 unspecified atom stereocenters. The van der Waals surface area contributed by atoms with Crippen molar-refractivity contribution >= 4 is 13.3 Å². The van der Waals surface area contributed by atoms with E-state index in [-0.39, 0.29) is 0 Å². The van der Waals surface area contributed by atoms with Crippen molar-refractivity contribution in [1.82, 2.24) is 0 Å². The second kappa shape index (κ2) is 6.88.